The SMILES string of the molecule is Cn1c(CC(N)C2CC2)nc2ccccc21. The lowest BCUT2D eigenvalue weighted by Gasteiger charge is -2.09. The van der Waals surface area contributed by atoms with Crippen LogP contribution in [0.15, 0.2) is 24.3 Å². The molecule has 1 saturated carbocycles. The van der Waals surface area contributed by atoms with Gasteiger partial charge in [-0.05, 0) is 30.9 Å². The average Bonchev–Trinajstić information content (AvgIpc) is 3.08. The Kier molecular flexibility index (Phi) is 2.21. The van der Waals surface area contributed by atoms with Crippen molar-refractivity contribution in [3.63, 3.8) is 0 Å². The Bertz CT molecular complexity index is 511. The quantitative estimate of drug-likeness (QED) is 0.849. The lowest BCUT2D eigenvalue weighted by Crippen LogP contribution is -2.26. The van der Waals surface area contributed by atoms with Gasteiger partial charge < -0.3 is 10.3 Å². The predicted molar refractivity (Wildman–Crippen MR) is 65.1 cm³/mol. The highest BCUT2D eigenvalue weighted by Crippen LogP contribution is 2.33. The highest BCUT2D eigenvalue weighted by Gasteiger charge is 2.29. The fourth-order valence-electron chi connectivity index (χ4n) is 2.28. The first kappa shape index (κ1) is 9.85. The van der Waals surface area contributed by atoms with Crippen LogP contribution in [0.3, 0.4) is 0 Å². The number of hydrogen-bond acceptors (Lipinski definition) is 2. The lowest BCUT2D eigenvalue weighted by atomic mass is 10.1. The Balaban J connectivity index is 1.93. The molecule has 1 heterocycles. The second kappa shape index (κ2) is 3.59. The zero-order chi connectivity index (χ0) is 11.1. The molecule has 84 valence electrons. The van der Waals surface area contributed by atoms with Crippen LogP contribution >= 0.6 is 0 Å². The van der Waals surface area contributed by atoms with E-state index in [1.165, 1.54) is 18.4 Å². The summed E-state index contributed by atoms with van der Waals surface area (Å²) in [6, 6.07) is 8.53. The number of aryl methyl sites for hydroxylation is 1. The molecule has 3 nitrogen and oxygen atoms in total. The third-order valence-corrected chi connectivity index (χ3v) is 3.53. The summed E-state index contributed by atoms with van der Waals surface area (Å²) >= 11 is 0. The van der Waals surface area contributed by atoms with E-state index in [1.54, 1.807) is 0 Å². The summed E-state index contributed by atoms with van der Waals surface area (Å²) in [5.74, 6) is 1.85. The molecule has 2 aromatic rings. The van der Waals surface area contributed by atoms with Gasteiger partial charge in [-0.15, -0.1) is 0 Å². The Morgan fingerprint density at radius 2 is 2.19 bits per heavy atom. The first-order valence-corrected chi connectivity index (χ1v) is 5.91. The number of hydrogen-bond donors (Lipinski definition) is 1. The Morgan fingerprint density at radius 3 is 2.88 bits per heavy atom. The average molecular weight is 215 g/mol. The van der Waals surface area contributed by atoms with E-state index >= 15 is 0 Å². The maximum Gasteiger partial charge on any atom is 0.111 e. The fraction of sp³-hybridized carbons (Fsp3) is 0.462. The van der Waals surface area contributed by atoms with Crippen molar-refractivity contribution in [3.8, 4) is 0 Å². The number of aromatic nitrogens is 2. The zero-order valence-corrected chi connectivity index (χ0v) is 9.56. The molecule has 3 rings (SSSR count). The molecule has 0 saturated heterocycles. The van der Waals surface area contributed by atoms with Gasteiger partial charge in [0.1, 0.15) is 5.82 Å². The van der Waals surface area contributed by atoms with Gasteiger partial charge >= 0.3 is 0 Å². The van der Waals surface area contributed by atoms with Crippen molar-refractivity contribution in [2.75, 3.05) is 0 Å². The molecular weight excluding hydrogens is 198 g/mol. The molecule has 1 atom stereocenters. The minimum Gasteiger partial charge on any atom is -0.331 e. The number of nitrogens with two attached hydrogens (primary N) is 1. The number of rotatable bonds is 3. The van der Waals surface area contributed by atoms with Crippen molar-refractivity contribution in [1.82, 2.24) is 9.55 Å². The third-order valence-electron chi connectivity index (χ3n) is 3.53. The first-order chi connectivity index (χ1) is 7.75. The molecule has 0 aliphatic heterocycles. The van der Waals surface area contributed by atoms with Crippen LogP contribution in [0.25, 0.3) is 11.0 Å². The van der Waals surface area contributed by atoms with E-state index in [0.29, 0.717) is 0 Å². The molecule has 0 bridgehead atoms. The van der Waals surface area contributed by atoms with Crippen LogP contribution < -0.4 is 5.73 Å². The van der Waals surface area contributed by atoms with Crippen LogP contribution in [0.2, 0.25) is 0 Å². The molecule has 16 heavy (non-hydrogen) atoms. The van der Waals surface area contributed by atoms with E-state index in [1.807, 2.05) is 6.07 Å². The van der Waals surface area contributed by atoms with Crippen LogP contribution in [0.4, 0.5) is 0 Å². The van der Waals surface area contributed by atoms with Gasteiger partial charge in [-0.25, -0.2) is 4.98 Å². The normalized spacial score (nSPS) is 17.9. The van der Waals surface area contributed by atoms with Crippen LogP contribution in [-0.4, -0.2) is 15.6 Å². The molecular formula is C13H17N3. The van der Waals surface area contributed by atoms with Crippen LogP contribution in [0.1, 0.15) is 18.7 Å². The van der Waals surface area contributed by atoms with Crippen LogP contribution in [-0.2, 0) is 13.5 Å². The monoisotopic (exact) mass is 215 g/mol. The first-order valence-electron chi connectivity index (χ1n) is 5.91. The summed E-state index contributed by atoms with van der Waals surface area (Å²) in [5, 5.41) is 0. The summed E-state index contributed by atoms with van der Waals surface area (Å²) in [5.41, 5.74) is 8.42. The number of nitrogens with zero attached hydrogens (tertiary/aromatic N) is 2. The van der Waals surface area contributed by atoms with E-state index in [-0.39, 0.29) is 6.04 Å². The molecule has 1 unspecified atom stereocenters. The van der Waals surface area contributed by atoms with E-state index in [0.717, 1.165) is 23.7 Å². The van der Waals surface area contributed by atoms with Gasteiger partial charge in [-0.3, -0.25) is 0 Å². The van der Waals surface area contributed by atoms with Gasteiger partial charge in [-0.2, -0.15) is 0 Å². The number of benzene rings is 1. The summed E-state index contributed by atoms with van der Waals surface area (Å²) in [6.45, 7) is 0. The maximum atomic E-state index is 6.15. The molecule has 1 aromatic carbocycles. The summed E-state index contributed by atoms with van der Waals surface area (Å²) in [4.78, 5) is 4.65. The van der Waals surface area contributed by atoms with Crippen LogP contribution in [0.5, 0.6) is 0 Å². The summed E-state index contributed by atoms with van der Waals surface area (Å²) < 4.78 is 2.16. The smallest absolute Gasteiger partial charge is 0.111 e. The van der Waals surface area contributed by atoms with Crippen molar-refractivity contribution in [3.05, 3.63) is 30.1 Å². The topological polar surface area (TPSA) is 43.8 Å². The molecule has 1 fully saturated rings. The lowest BCUT2D eigenvalue weighted by molar-refractivity contribution is 0.566. The summed E-state index contributed by atoms with van der Waals surface area (Å²) in [6.07, 6.45) is 3.49. The van der Waals surface area contributed by atoms with Gasteiger partial charge in [0.25, 0.3) is 0 Å². The third kappa shape index (κ3) is 1.61. The Morgan fingerprint density at radius 1 is 1.44 bits per heavy atom. The van der Waals surface area contributed by atoms with Crippen molar-refractivity contribution >= 4 is 11.0 Å². The molecule has 0 radical (unpaired) electrons. The molecule has 1 aliphatic rings. The van der Waals surface area contributed by atoms with E-state index in [4.69, 9.17) is 5.73 Å². The minimum atomic E-state index is 0.288. The van der Waals surface area contributed by atoms with Gasteiger partial charge in [0.05, 0.1) is 11.0 Å². The van der Waals surface area contributed by atoms with Crippen molar-refractivity contribution < 1.29 is 0 Å². The highest BCUT2D eigenvalue weighted by molar-refractivity contribution is 5.75. The van der Waals surface area contributed by atoms with E-state index in [2.05, 4.69) is 34.8 Å². The molecule has 0 amide bonds. The Labute approximate surface area is 95.3 Å². The molecule has 2 N–H and O–H groups in total. The number of para-hydroxylation sites is 2. The molecule has 1 aromatic heterocycles. The minimum absolute atomic E-state index is 0.288. The zero-order valence-electron chi connectivity index (χ0n) is 9.56. The highest BCUT2D eigenvalue weighted by atomic mass is 15.1. The molecule has 1 aliphatic carbocycles. The molecule has 3 heteroatoms. The second-order valence-corrected chi connectivity index (χ2v) is 4.78. The standard InChI is InChI=1S/C13H17N3/c1-16-12-5-3-2-4-11(12)15-13(16)8-10(14)9-6-7-9/h2-5,9-10H,6-8,14H2,1H3. The van der Waals surface area contributed by atoms with Gasteiger partial charge in [0.2, 0.25) is 0 Å². The van der Waals surface area contributed by atoms with E-state index in [9.17, 15) is 0 Å². The van der Waals surface area contributed by atoms with Crippen molar-refractivity contribution in [2.45, 2.75) is 25.3 Å². The van der Waals surface area contributed by atoms with Gasteiger partial charge in [0.15, 0.2) is 0 Å². The largest absolute Gasteiger partial charge is 0.331 e. The summed E-state index contributed by atoms with van der Waals surface area (Å²) in [7, 11) is 2.07. The predicted octanol–water partition coefficient (Wildman–Crippen LogP) is 1.85. The number of fused-ring (bicyclic) bond motifs is 1. The van der Waals surface area contributed by atoms with Gasteiger partial charge in [-0.1, -0.05) is 12.1 Å². The van der Waals surface area contributed by atoms with Crippen molar-refractivity contribution in [1.29, 1.82) is 0 Å². The Hall–Kier alpha value is -1.35. The van der Waals surface area contributed by atoms with Gasteiger partial charge in [0, 0.05) is 19.5 Å². The number of imidazole rings is 1. The second-order valence-electron chi connectivity index (χ2n) is 4.78. The maximum absolute atomic E-state index is 6.15. The van der Waals surface area contributed by atoms with Crippen molar-refractivity contribution in [2.24, 2.45) is 18.7 Å². The fourth-order valence-corrected chi connectivity index (χ4v) is 2.28. The van der Waals surface area contributed by atoms with E-state index < -0.39 is 0 Å². The van der Waals surface area contributed by atoms with Crippen LogP contribution in [0, 0.1) is 5.92 Å². The molecule has 0 spiro atoms.